The molecule has 0 saturated heterocycles. The van der Waals surface area contributed by atoms with Gasteiger partial charge in [-0.25, -0.2) is 4.39 Å². The number of halogens is 1. The van der Waals surface area contributed by atoms with E-state index in [1.165, 1.54) is 18.3 Å². The van der Waals surface area contributed by atoms with Crippen LogP contribution in [0.4, 0.5) is 15.8 Å². The molecule has 0 aliphatic carbocycles. The molecule has 0 aliphatic rings. The highest BCUT2D eigenvalue weighted by Gasteiger charge is 2.12. The number of carbonyl (C=O) groups excluding carboxylic acids is 1. The molecule has 1 aromatic carbocycles. The van der Waals surface area contributed by atoms with Gasteiger partial charge in [0, 0.05) is 11.4 Å². The van der Waals surface area contributed by atoms with Crippen molar-refractivity contribution in [2.45, 2.75) is 6.92 Å². The van der Waals surface area contributed by atoms with Gasteiger partial charge < -0.3 is 11.1 Å². The maximum Gasteiger partial charge on any atom is 0.259 e. The molecular formula is C11H11FN4O. The number of aromatic nitrogens is 2. The standard InChI is InChI=1S/C11H11FN4O/c1-6-8(5-14-16-6)11(17)15-10-3-2-7(13)4-9(10)12/h2-5H,13H2,1H3,(H,14,16)(H,15,17). The largest absolute Gasteiger partial charge is 0.399 e. The van der Waals surface area contributed by atoms with Crippen molar-refractivity contribution in [3.63, 3.8) is 0 Å². The number of hydrogen-bond donors (Lipinski definition) is 3. The number of anilines is 2. The number of carbonyl (C=O) groups is 1. The maximum atomic E-state index is 13.4. The Morgan fingerprint density at radius 3 is 2.88 bits per heavy atom. The van der Waals surface area contributed by atoms with E-state index < -0.39 is 11.7 Å². The maximum absolute atomic E-state index is 13.4. The zero-order valence-corrected chi connectivity index (χ0v) is 9.12. The predicted molar refractivity (Wildman–Crippen MR) is 62.1 cm³/mol. The first-order valence-corrected chi connectivity index (χ1v) is 4.94. The van der Waals surface area contributed by atoms with E-state index >= 15 is 0 Å². The molecule has 2 rings (SSSR count). The Morgan fingerprint density at radius 2 is 2.29 bits per heavy atom. The van der Waals surface area contributed by atoms with Gasteiger partial charge in [-0.1, -0.05) is 0 Å². The van der Waals surface area contributed by atoms with Crippen molar-refractivity contribution >= 4 is 17.3 Å². The van der Waals surface area contributed by atoms with Gasteiger partial charge in [0.2, 0.25) is 0 Å². The number of amides is 1. The summed E-state index contributed by atoms with van der Waals surface area (Å²) in [4.78, 5) is 11.8. The van der Waals surface area contributed by atoms with Crippen LogP contribution in [-0.4, -0.2) is 16.1 Å². The fraction of sp³-hybridized carbons (Fsp3) is 0.0909. The van der Waals surface area contributed by atoms with Crippen molar-refractivity contribution in [2.75, 3.05) is 11.1 Å². The van der Waals surface area contributed by atoms with Crippen molar-refractivity contribution in [2.24, 2.45) is 0 Å². The monoisotopic (exact) mass is 234 g/mol. The highest BCUT2D eigenvalue weighted by Crippen LogP contribution is 2.18. The number of benzene rings is 1. The highest BCUT2D eigenvalue weighted by atomic mass is 19.1. The second-order valence-corrected chi connectivity index (χ2v) is 3.60. The topological polar surface area (TPSA) is 83.8 Å². The van der Waals surface area contributed by atoms with Gasteiger partial charge in [0.15, 0.2) is 0 Å². The molecule has 0 saturated carbocycles. The number of nitrogens with zero attached hydrogens (tertiary/aromatic N) is 1. The smallest absolute Gasteiger partial charge is 0.259 e. The minimum Gasteiger partial charge on any atom is -0.399 e. The third-order valence-corrected chi connectivity index (χ3v) is 2.32. The Bertz CT molecular complexity index is 564. The summed E-state index contributed by atoms with van der Waals surface area (Å²) in [6.45, 7) is 1.71. The molecular weight excluding hydrogens is 223 g/mol. The van der Waals surface area contributed by atoms with Crippen molar-refractivity contribution in [3.8, 4) is 0 Å². The fourth-order valence-electron chi connectivity index (χ4n) is 1.40. The summed E-state index contributed by atoms with van der Waals surface area (Å²) in [6.07, 6.45) is 1.39. The van der Waals surface area contributed by atoms with Crippen LogP contribution >= 0.6 is 0 Å². The van der Waals surface area contributed by atoms with Gasteiger partial charge in [-0.05, 0) is 25.1 Å². The third-order valence-electron chi connectivity index (χ3n) is 2.32. The van der Waals surface area contributed by atoms with E-state index in [9.17, 15) is 9.18 Å². The summed E-state index contributed by atoms with van der Waals surface area (Å²) in [6, 6.07) is 4.08. The molecule has 0 radical (unpaired) electrons. The molecule has 88 valence electrons. The van der Waals surface area contributed by atoms with Crippen molar-refractivity contribution in [3.05, 3.63) is 41.5 Å². The quantitative estimate of drug-likeness (QED) is 0.691. The van der Waals surface area contributed by atoms with Gasteiger partial charge >= 0.3 is 0 Å². The first-order chi connectivity index (χ1) is 8.08. The van der Waals surface area contributed by atoms with E-state index in [-0.39, 0.29) is 5.69 Å². The number of aryl methyl sites for hydroxylation is 1. The molecule has 17 heavy (non-hydrogen) atoms. The average Bonchev–Trinajstić information content (AvgIpc) is 2.68. The van der Waals surface area contributed by atoms with Crippen LogP contribution in [0.3, 0.4) is 0 Å². The highest BCUT2D eigenvalue weighted by molar-refractivity contribution is 6.04. The zero-order valence-electron chi connectivity index (χ0n) is 9.12. The SMILES string of the molecule is Cc1[nH]ncc1C(=O)Nc1ccc(N)cc1F. The number of hydrogen-bond acceptors (Lipinski definition) is 3. The molecule has 1 heterocycles. The average molecular weight is 234 g/mol. The zero-order chi connectivity index (χ0) is 12.4. The molecule has 6 heteroatoms. The van der Waals surface area contributed by atoms with Crippen molar-refractivity contribution in [1.29, 1.82) is 0 Å². The summed E-state index contributed by atoms with van der Waals surface area (Å²) in [5.74, 6) is -0.987. The first kappa shape index (κ1) is 11.1. The minimum absolute atomic E-state index is 0.0878. The Kier molecular flexibility index (Phi) is 2.78. The summed E-state index contributed by atoms with van der Waals surface area (Å²) in [5, 5.41) is 8.81. The lowest BCUT2D eigenvalue weighted by Crippen LogP contribution is -2.13. The van der Waals surface area contributed by atoms with E-state index in [1.807, 2.05) is 0 Å². The van der Waals surface area contributed by atoms with Crippen LogP contribution in [0.2, 0.25) is 0 Å². The third kappa shape index (κ3) is 2.25. The van der Waals surface area contributed by atoms with Crippen LogP contribution in [0.5, 0.6) is 0 Å². The number of aromatic amines is 1. The Balaban J connectivity index is 2.22. The summed E-state index contributed by atoms with van der Waals surface area (Å²) in [5.41, 5.74) is 6.80. The van der Waals surface area contributed by atoms with Crippen molar-refractivity contribution < 1.29 is 9.18 Å². The van der Waals surface area contributed by atoms with E-state index in [2.05, 4.69) is 15.5 Å². The minimum atomic E-state index is -0.570. The van der Waals surface area contributed by atoms with Crippen LogP contribution in [0.25, 0.3) is 0 Å². The van der Waals surface area contributed by atoms with Crippen LogP contribution in [-0.2, 0) is 0 Å². The first-order valence-electron chi connectivity index (χ1n) is 4.94. The van der Waals surface area contributed by atoms with E-state index in [1.54, 1.807) is 6.92 Å². The van der Waals surface area contributed by atoms with Gasteiger partial charge in [-0.3, -0.25) is 9.89 Å². The Labute approximate surface area is 96.8 Å². The molecule has 5 nitrogen and oxygen atoms in total. The molecule has 0 unspecified atom stereocenters. The van der Waals surface area contributed by atoms with E-state index in [0.29, 0.717) is 16.9 Å². The van der Waals surface area contributed by atoms with Crippen LogP contribution < -0.4 is 11.1 Å². The number of nitrogens with two attached hydrogens (primary N) is 1. The lowest BCUT2D eigenvalue weighted by Gasteiger charge is -2.06. The predicted octanol–water partition coefficient (Wildman–Crippen LogP) is 1.69. The van der Waals surface area contributed by atoms with E-state index in [4.69, 9.17) is 5.73 Å². The van der Waals surface area contributed by atoms with E-state index in [0.717, 1.165) is 6.07 Å². The van der Waals surface area contributed by atoms with Crippen LogP contribution in [0, 0.1) is 12.7 Å². The summed E-state index contributed by atoms with van der Waals surface area (Å²) in [7, 11) is 0. The molecule has 0 fully saturated rings. The van der Waals surface area contributed by atoms with Gasteiger partial charge in [0.25, 0.3) is 5.91 Å². The molecule has 0 atom stereocenters. The normalized spacial score (nSPS) is 10.2. The number of rotatable bonds is 2. The summed E-state index contributed by atoms with van der Waals surface area (Å²) >= 11 is 0. The molecule has 0 spiro atoms. The molecule has 0 bridgehead atoms. The molecule has 4 N–H and O–H groups in total. The van der Waals surface area contributed by atoms with Crippen LogP contribution in [0.15, 0.2) is 24.4 Å². The lowest BCUT2D eigenvalue weighted by atomic mass is 10.2. The second-order valence-electron chi connectivity index (χ2n) is 3.60. The molecule has 0 aliphatic heterocycles. The van der Waals surface area contributed by atoms with Gasteiger partial charge in [-0.2, -0.15) is 5.10 Å². The van der Waals surface area contributed by atoms with Gasteiger partial charge in [-0.15, -0.1) is 0 Å². The summed E-state index contributed by atoms with van der Waals surface area (Å²) < 4.78 is 13.4. The van der Waals surface area contributed by atoms with Gasteiger partial charge in [0.05, 0.1) is 17.4 Å². The molecule has 1 amide bonds. The second kappa shape index (κ2) is 4.25. The molecule has 2 aromatic rings. The Morgan fingerprint density at radius 1 is 1.53 bits per heavy atom. The molecule has 1 aromatic heterocycles. The van der Waals surface area contributed by atoms with Crippen LogP contribution in [0.1, 0.15) is 16.1 Å². The van der Waals surface area contributed by atoms with Crippen molar-refractivity contribution in [1.82, 2.24) is 10.2 Å². The Hall–Kier alpha value is -2.37. The number of nitrogens with one attached hydrogen (secondary N) is 2. The van der Waals surface area contributed by atoms with Gasteiger partial charge in [0.1, 0.15) is 5.82 Å². The number of nitrogen functional groups attached to an aromatic ring is 1. The number of H-pyrrole nitrogens is 1. The lowest BCUT2D eigenvalue weighted by molar-refractivity contribution is 0.102. The fourth-order valence-corrected chi connectivity index (χ4v) is 1.40.